The van der Waals surface area contributed by atoms with Crippen molar-refractivity contribution in [3.8, 4) is 11.5 Å². The van der Waals surface area contributed by atoms with Gasteiger partial charge in [0.05, 0.1) is 12.7 Å². The van der Waals surface area contributed by atoms with E-state index in [-0.39, 0.29) is 18.4 Å². The summed E-state index contributed by atoms with van der Waals surface area (Å²) in [7, 11) is 1.60. The van der Waals surface area contributed by atoms with E-state index in [0.717, 1.165) is 30.6 Å². The second-order valence-electron chi connectivity index (χ2n) is 7.89. The number of methoxy groups -OCH3 is 1. The number of amides is 2. The summed E-state index contributed by atoms with van der Waals surface area (Å²) in [5, 5.41) is 6.45. The van der Waals surface area contributed by atoms with Crippen LogP contribution in [0.2, 0.25) is 0 Å². The van der Waals surface area contributed by atoms with Crippen LogP contribution < -0.4 is 20.1 Å². The lowest BCUT2D eigenvalue weighted by Gasteiger charge is -2.18. The number of carbonyl (C=O) groups excluding carboxylic acids is 2. The summed E-state index contributed by atoms with van der Waals surface area (Å²) in [5.74, 6) is 1.39. The van der Waals surface area contributed by atoms with Crippen molar-refractivity contribution in [2.24, 2.45) is 5.92 Å². The molecule has 1 heterocycles. The number of benzene rings is 2. The van der Waals surface area contributed by atoms with Crippen LogP contribution >= 0.6 is 11.3 Å². The minimum Gasteiger partial charge on any atom is -0.497 e. The molecule has 7 heteroatoms. The maximum atomic E-state index is 13.2. The van der Waals surface area contributed by atoms with Gasteiger partial charge in [0.1, 0.15) is 16.5 Å². The molecule has 1 aliphatic carbocycles. The molecule has 1 atom stereocenters. The monoisotopic (exact) mass is 450 g/mol. The van der Waals surface area contributed by atoms with Gasteiger partial charge in [-0.05, 0) is 67.1 Å². The summed E-state index contributed by atoms with van der Waals surface area (Å²) in [6, 6.07) is 16.4. The fraction of sp³-hybridized carbons (Fsp3) is 0.280. The standard InChI is InChI=1S/C25H26N2O4S/c1-16-8-13-20-21(14-16)32-25(27-22(28)15-31-19-6-4-3-5-7-19)23(20)24(29)26-17-9-11-18(30-2)12-10-17/h3-7,9-12,16H,8,13-15H2,1-2H3,(H,26,29)(H,27,28)/t16-/m1/s1. The van der Waals surface area contributed by atoms with E-state index in [2.05, 4.69) is 17.6 Å². The molecule has 4 rings (SSSR count). The zero-order valence-corrected chi connectivity index (χ0v) is 19.0. The Morgan fingerprint density at radius 2 is 1.78 bits per heavy atom. The van der Waals surface area contributed by atoms with Gasteiger partial charge >= 0.3 is 0 Å². The van der Waals surface area contributed by atoms with Crippen LogP contribution in [0.4, 0.5) is 10.7 Å². The number of ether oxygens (including phenoxy) is 2. The van der Waals surface area contributed by atoms with Crippen molar-refractivity contribution < 1.29 is 19.1 Å². The third-order valence-electron chi connectivity index (χ3n) is 5.45. The predicted octanol–water partition coefficient (Wildman–Crippen LogP) is 5.15. The highest BCUT2D eigenvalue weighted by atomic mass is 32.1. The van der Waals surface area contributed by atoms with Crippen molar-refractivity contribution >= 4 is 33.8 Å². The van der Waals surface area contributed by atoms with E-state index in [1.165, 1.54) is 16.2 Å². The highest BCUT2D eigenvalue weighted by Crippen LogP contribution is 2.40. The van der Waals surface area contributed by atoms with Crippen LogP contribution in [0.15, 0.2) is 54.6 Å². The Kier molecular flexibility index (Phi) is 6.75. The molecule has 0 spiro atoms. The van der Waals surface area contributed by atoms with E-state index < -0.39 is 0 Å². The molecule has 1 aliphatic rings. The van der Waals surface area contributed by atoms with Crippen LogP contribution in [0.5, 0.6) is 11.5 Å². The van der Waals surface area contributed by atoms with Crippen LogP contribution in [0.3, 0.4) is 0 Å². The van der Waals surface area contributed by atoms with Crippen LogP contribution in [0, 0.1) is 5.92 Å². The van der Waals surface area contributed by atoms with Gasteiger partial charge in [0.15, 0.2) is 6.61 Å². The smallest absolute Gasteiger partial charge is 0.262 e. The molecule has 0 bridgehead atoms. The van der Waals surface area contributed by atoms with Gasteiger partial charge in [-0.3, -0.25) is 9.59 Å². The minimum atomic E-state index is -0.293. The van der Waals surface area contributed by atoms with E-state index >= 15 is 0 Å². The van der Waals surface area contributed by atoms with Gasteiger partial charge in [-0.1, -0.05) is 25.1 Å². The predicted molar refractivity (Wildman–Crippen MR) is 127 cm³/mol. The molecule has 32 heavy (non-hydrogen) atoms. The average Bonchev–Trinajstić information content (AvgIpc) is 3.15. The molecule has 2 N–H and O–H groups in total. The first-order chi connectivity index (χ1) is 15.5. The first-order valence-corrected chi connectivity index (χ1v) is 11.4. The molecular formula is C25H26N2O4S. The van der Waals surface area contributed by atoms with Crippen LogP contribution in [0.25, 0.3) is 0 Å². The van der Waals surface area contributed by atoms with Gasteiger partial charge in [-0.2, -0.15) is 0 Å². The quantitative estimate of drug-likeness (QED) is 0.522. The fourth-order valence-corrected chi connectivity index (χ4v) is 5.20. The van der Waals surface area contributed by atoms with Crippen LogP contribution in [-0.4, -0.2) is 25.5 Å². The number of carbonyl (C=O) groups is 2. The first-order valence-electron chi connectivity index (χ1n) is 10.6. The Morgan fingerprint density at radius 1 is 1.03 bits per heavy atom. The maximum Gasteiger partial charge on any atom is 0.262 e. The molecule has 0 saturated heterocycles. The number of fused-ring (bicyclic) bond motifs is 1. The van der Waals surface area contributed by atoms with Gasteiger partial charge in [-0.25, -0.2) is 0 Å². The van der Waals surface area contributed by atoms with Gasteiger partial charge < -0.3 is 20.1 Å². The maximum absolute atomic E-state index is 13.2. The van der Waals surface area contributed by atoms with Crippen molar-refractivity contribution in [1.82, 2.24) is 0 Å². The fourth-order valence-electron chi connectivity index (χ4n) is 3.78. The second-order valence-corrected chi connectivity index (χ2v) is 8.99. The summed E-state index contributed by atoms with van der Waals surface area (Å²) in [6.07, 6.45) is 2.77. The molecule has 0 unspecified atom stereocenters. The lowest BCUT2D eigenvalue weighted by Crippen LogP contribution is -2.22. The van der Waals surface area contributed by atoms with Crippen molar-refractivity contribution in [2.75, 3.05) is 24.4 Å². The molecule has 0 radical (unpaired) electrons. The zero-order valence-electron chi connectivity index (χ0n) is 18.1. The largest absolute Gasteiger partial charge is 0.497 e. The van der Waals surface area contributed by atoms with E-state index in [1.54, 1.807) is 43.5 Å². The number of hydrogen-bond acceptors (Lipinski definition) is 5. The van der Waals surface area contributed by atoms with E-state index in [1.807, 2.05) is 18.2 Å². The molecule has 3 aromatic rings. The molecule has 0 fully saturated rings. The van der Waals surface area contributed by atoms with Crippen molar-refractivity contribution in [3.05, 3.63) is 70.6 Å². The second kappa shape index (κ2) is 9.87. The van der Waals surface area contributed by atoms with Gasteiger partial charge in [0, 0.05) is 10.6 Å². The van der Waals surface area contributed by atoms with E-state index in [0.29, 0.717) is 27.9 Å². The van der Waals surface area contributed by atoms with E-state index in [4.69, 9.17) is 9.47 Å². The molecule has 2 amide bonds. The van der Waals surface area contributed by atoms with E-state index in [9.17, 15) is 9.59 Å². The molecule has 6 nitrogen and oxygen atoms in total. The number of thiophene rings is 1. The third-order valence-corrected chi connectivity index (χ3v) is 6.62. The van der Waals surface area contributed by atoms with Gasteiger partial charge in [-0.15, -0.1) is 11.3 Å². The highest BCUT2D eigenvalue weighted by Gasteiger charge is 2.28. The first kappa shape index (κ1) is 21.9. The zero-order chi connectivity index (χ0) is 22.5. The summed E-state index contributed by atoms with van der Waals surface area (Å²) >= 11 is 1.49. The molecule has 1 aromatic heterocycles. The summed E-state index contributed by atoms with van der Waals surface area (Å²) < 4.78 is 10.7. The lowest BCUT2D eigenvalue weighted by molar-refractivity contribution is -0.118. The minimum absolute atomic E-state index is 0.122. The molecule has 166 valence electrons. The highest BCUT2D eigenvalue weighted by molar-refractivity contribution is 7.17. The Balaban J connectivity index is 1.53. The Bertz CT molecular complexity index is 1090. The number of anilines is 2. The number of hydrogen-bond donors (Lipinski definition) is 2. The number of rotatable bonds is 7. The molecular weight excluding hydrogens is 424 g/mol. The van der Waals surface area contributed by atoms with Crippen molar-refractivity contribution in [3.63, 3.8) is 0 Å². The third kappa shape index (κ3) is 5.11. The Morgan fingerprint density at radius 3 is 2.50 bits per heavy atom. The summed E-state index contributed by atoms with van der Waals surface area (Å²) in [5.41, 5.74) is 2.27. The summed E-state index contributed by atoms with van der Waals surface area (Å²) in [4.78, 5) is 27.0. The summed E-state index contributed by atoms with van der Waals surface area (Å²) in [6.45, 7) is 2.09. The van der Waals surface area contributed by atoms with Crippen molar-refractivity contribution in [2.45, 2.75) is 26.2 Å². The number of nitrogens with one attached hydrogen (secondary N) is 2. The lowest BCUT2D eigenvalue weighted by atomic mass is 9.88. The average molecular weight is 451 g/mol. The normalized spacial score (nSPS) is 14.9. The molecule has 0 aliphatic heterocycles. The van der Waals surface area contributed by atoms with Crippen LogP contribution in [0.1, 0.15) is 34.1 Å². The van der Waals surface area contributed by atoms with Gasteiger partial charge in [0.2, 0.25) is 0 Å². The molecule has 0 saturated carbocycles. The number of para-hydroxylation sites is 1. The Hall–Kier alpha value is -3.32. The van der Waals surface area contributed by atoms with Crippen LogP contribution in [-0.2, 0) is 17.6 Å². The molecule has 2 aromatic carbocycles. The van der Waals surface area contributed by atoms with Crippen molar-refractivity contribution in [1.29, 1.82) is 0 Å². The topological polar surface area (TPSA) is 76.7 Å². The SMILES string of the molecule is COc1ccc(NC(=O)c2c(NC(=O)COc3ccccc3)sc3c2CC[C@@H](C)C3)cc1. The Labute approximate surface area is 191 Å². The van der Waals surface area contributed by atoms with Gasteiger partial charge in [0.25, 0.3) is 11.8 Å².